The summed E-state index contributed by atoms with van der Waals surface area (Å²) >= 11 is 0. The molecule has 5 nitrogen and oxygen atoms in total. The van der Waals surface area contributed by atoms with Crippen molar-refractivity contribution in [3.63, 3.8) is 0 Å². The normalized spacial score (nSPS) is 17.2. The third-order valence-corrected chi connectivity index (χ3v) is 5.07. The fourth-order valence-electron chi connectivity index (χ4n) is 3.80. The molecule has 1 fully saturated rings. The van der Waals surface area contributed by atoms with Crippen LogP contribution in [0, 0.1) is 24.0 Å². The maximum Gasteiger partial charge on any atom is 0.292 e. The van der Waals surface area contributed by atoms with E-state index in [1.54, 1.807) is 6.07 Å². The third-order valence-electron chi connectivity index (χ3n) is 5.07. The lowest BCUT2D eigenvalue weighted by molar-refractivity contribution is -0.384. The van der Waals surface area contributed by atoms with Crippen molar-refractivity contribution in [1.29, 1.82) is 0 Å². The Bertz CT molecular complexity index is 784. The average Bonchev–Trinajstić information content (AvgIpc) is 2.59. The first-order chi connectivity index (χ1) is 12.4. The molecule has 1 N–H and O–H groups in total. The number of hydrogen-bond donors (Lipinski definition) is 1. The second-order valence-corrected chi connectivity index (χ2v) is 7.35. The Hall–Kier alpha value is -2.56. The minimum absolute atomic E-state index is 0.207. The van der Waals surface area contributed by atoms with Gasteiger partial charge in [-0.05, 0) is 74.9 Å². The lowest BCUT2D eigenvalue weighted by Crippen LogP contribution is -2.37. The lowest BCUT2D eigenvalue weighted by atomic mass is 10.0. The fourth-order valence-corrected chi connectivity index (χ4v) is 3.80. The molecule has 2 aromatic carbocycles. The zero-order chi connectivity index (χ0) is 18.7. The molecule has 1 heterocycles. The number of nitrogens with zero attached hydrogens (tertiary/aromatic N) is 2. The second-order valence-electron chi connectivity index (χ2n) is 7.35. The van der Waals surface area contributed by atoms with E-state index in [2.05, 4.69) is 49.2 Å². The van der Waals surface area contributed by atoms with Gasteiger partial charge in [-0.3, -0.25) is 10.1 Å². The van der Waals surface area contributed by atoms with Crippen LogP contribution in [-0.4, -0.2) is 17.5 Å². The molecule has 0 amide bonds. The predicted molar refractivity (Wildman–Crippen MR) is 107 cm³/mol. The highest BCUT2D eigenvalue weighted by atomic mass is 16.6. The summed E-state index contributed by atoms with van der Waals surface area (Å²) in [6.07, 6.45) is 3.38. The average molecular weight is 353 g/mol. The number of nitrogens with one attached hydrogen (secondary N) is 1. The van der Waals surface area contributed by atoms with Gasteiger partial charge in [-0.25, -0.2) is 0 Å². The Kier molecular flexibility index (Phi) is 5.45. The van der Waals surface area contributed by atoms with Crippen molar-refractivity contribution in [2.24, 2.45) is 0 Å². The van der Waals surface area contributed by atoms with Crippen LogP contribution < -0.4 is 10.2 Å². The van der Waals surface area contributed by atoms with Crippen molar-refractivity contribution in [3.8, 4) is 0 Å². The van der Waals surface area contributed by atoms with E-state index in [9.17, 15) is 10.1 Å². The van der Waals surface area contributed by atoms with Gasteiger partial charge in [-0.1, -0.05) is 12.1 Å². The van der Waals surface area contributed by atoms with Crippen LogP contribution in [0.15, 0.2) is 36.4 Å². The van der Waals surface area contributed by atoms with Gasteiger partial charge >= 0.3 is 0 Å². The summed E-state index contributed by atoms with van der Waals surface area (Å²) in [6, 6.07) is 12.3. The van der Waals surface area contributed by atoms with E-state index < -0.39 is 0 Å². The number of nitro groups is 1. The largest absolute Gasteiger partial charge is 0.381 e. The standard InChI is InChI=1S/C21H27N3O2/c1-15-10-16(2)12-19(11-15)22-14-18-7-8-20(21(13-18)24(25)26)23-9-5-4-6-17(23)3/h7-8,10-13,17,22H,4-6,9,14H2,1-3H3/t17-/m0/s1. The van der Waals surface area contributed by atoms with Crippen molar-refractivity contribution >= 4 is 17.1 Å². The van der Waals surface area contributed by atoms with Gasteiger partial charge in [0.25, 0.3) is 5.69 Å². The summed E-state index contributed by atoms with van der Waals surface area (Å²) < 4.78 is 0. The van der Waals surface area contributed by atoms with Crippen LogP contribution in [0.2, 0.25) is 0 Å². The van der Waals surface area contributed by atoms with Gasteiger partial charge in [0.05, 0.1) is 4.92 Å². The first-order valence-electron chi connectivity index (χ1n) is 9.30. The van der Waals surface area contributed by atoms with Crippen molar-refractivity contribution in [2.45, 2.75) is 52.6 Å². The maximum absolute atomic E-state index is 11.6. The molecule has 138 valence electrons. The molecular weight excluding hydrogens is 326 g/mol. The lowest BCUT2D eigenvalue weighted by Gasteiger charge is -2.35. The van der Waals surface area contributed by atoms with Gasteiger partial charge in [0, 0.05) is 30.9 Å². The quantitative estimate of drug-likeness (QED) is 0.593. The molecule has 0 saturated carbocycles. The Labute approximate surface area is 155 Å². The van der Waals surface area contributed by atoms with E-state index >= 15 is 0 Å². The van der Waals surface area contributed by atoms with Crippen LogP contribution in [0.1, 0.15) is 42.9 Å². The predicted octanol–water partition coefficient (Wildman–Crippen LogP) is 5.20. The van der Waals surface area contributed by atoms with Gasteiger partial charge in [0.2, 0.25) is 0 Å². The van der Waals surface area contributed by atoms with Crippen LogP contribution in [-0.2, 0) is 6.54 Å². The Morgan fingerprint density at radius 3 is 2.54 bits per heavy atom. The molecule has 1 saturated heterocycles. The molecule has 0 aliphatic carbocycles. The smallest absolute Gasteiger partial charge is 0.292 e. The molecule has 0 aromatic heterocycles. The van der Waals surface area contributed by atoms with Crippen LogP contribution >= 0.6 is 0 Å². The minimum Gasteiger partial charge on any atom is -0.381 e. The monoisotopic (exact) mass is 353 g/mol. The molecule has 2 aromatic rings. The molecule has 1 aliphatic rings. The molecule has 5 heteroatoms. The molecule has 0 bridgehead atoms. The van der Waals surface area contributed by atoms with Crippen LogP contribution in [0.4, 0.5) is 17.1 Å². The second kappa shape index (κ2) is 7.77. The van der Waals surface area contributed by atoms with E-state index in [1.807, 2.05) is 12.1 Å². The summed E-state index contributed by atoms with van der Waals surface area (Å²) in [4.78, 5) is 13.6. The number of benzene rings is 2. The van der Waals surface area contributed by atoms with E-state index in [0.717, 1.165) is 36.3 Å². The molecule has 1 atom stereocenters. The number of aryl methyl sites for hydroxylation is 2. The number of nitro benzene ring substituents is 1. The van der Waals surface area contributed by atoms with Gasteiger partial charge in [0.15, 0.2) is 0 Å². The van der Waals surface area contributed by atoms with Crippen LogP contribution in [0.5, 0.6) is 0 Å². The fraction of sp³-hybridized carbons (Fsp3) is 0.429. The Balaban J connectivity index is 1.80. The zero-order valence-electron chi connectivity index (χ0n) is 15.8. The van der Waals surface area contributed by atoms with Gasteiger partial charge in [0.1, 0.15) is 5.69 Å². The minimum atomic E-state index is -0.253. The molecular formula is C21H27N3O2. The molecule has 1 aliphatic heterocycles. The van der Waals surface area contributed by atoms with Crippen molar-refractivity contribution in [2.75, 3.05) is 16.8 Å². The van der Waals surface area contributed by atoms with Crippen molar-refractivity contribution < 1.29 is 4.92 Å². The van der Waals surface area contributed by atoms with E-state index in [0.29, 0.717) is 12.6 Å². The number of hydrogen-bond acceptors (Lipinski definition) is 4. The summed E-state index contributed by atoms with van der Waals surface area (Å²) in [6.45, 7) is 7.75. The number of piperidine rings is 1. The van der Waals surface area contributed by atoms with Crippen LogP contribution in [0.25, 0.3) is 0 Å². The summed E-state index contributed by atoms with van der Waals surface area (Å²) in [7, 11) is 0. The number of rotatable bonds is 5. The Morgan fingerprint density at radius 2 is 1.88 bits per heavy atom. The third kappa shape index (κ3) is 4.15. The maximum atomic E-state index is 11.6. The summed E-state index contributed by atoms with van der Waals surface area (Å²) in [5, 5.41) is 15.0. The molecule has 26 heavy (non-hydrogen) atoms. The molecule has 0 radical (unpaired) electrons. The van der Waals surface area contributed by atoms with Gasteiger partial charge in [-0.15, -0.1) is 0 Å². The topological polar surface area (TPSA) is 58.4 Å². The van der Waals surface area contributed by atoms with E-state index in [-0.39, 0.29) is 10.6 Å². The van der Waals surface area contributed by atoms with Gasteiger partial charge in [-0.2, -0.15) is 0 Å². The highest BCUT2D eigenvalue weighted by molar-refractivity contribution is 5.65. The molecule has 0 unspecified atom stereocenters. The first-order valence-corrected chi connectivity index (χ1v) is 9.30. The summed E-state index contributed by atoms with van der Waals surface area (Å²) in [5.74, 6) is 0. The molecule has 0 spiro atoms. The summed E-state index contributed by atoms with van der Waals surface area (Å²) in [5.41, 5.74) is 5.32. The SMILES string of the molecule is Cc1cc(C)cc(NCc2ccc(N3CCCC[C@@H]3C)c([N+](=O)[O-])c2)c1. The Morgan fingerprint density at radius 1 is 1.15 bits per heavy atom. The van der Waals surface area contributed by atoms with E-state index in [4.69, 9.17) is 0 Å². The van der Waals surface area contributed by atoms with E-state index in [1.165, 1.54) is 17.5 Å². The van der Waals surface area contributed by atoms with Crippen LogP contribution in [0.3, 0.4) is 0 Å². The van der Waals surface area contributed by atoms with Crippen molar-refractivity contribution in [3.05, 3.63) is 63.2 Å². The zero-order valence-corrected chi connectivity index (χ0v) is 15.8. The highest BCUT2D eigenvalue weighted by Crippen LogP contribution is 2.33. The first kappa shape index (κ1) is 18.2. The molecule has 3 rings (SSSR count). The van der Waals surface area contributed by atoms with Crippen molar-refractivity contribution in [1.82, 2.24) is 0 Å². The number of anilines is 2. The highest BCUT2D eigenvalue weighted by Gasteiger charge is 2.25. The van der Waals surface area contributed by atoms with Gasteiger partial charge < -0.3 is 10.2 Å².